The molecule has 0 amide bonds. The summed E-state index contributed by atoms with van der Waals surface area (Å²) in [6.45, 7) is 1.28. The average Bonchev–Trinajstić information content (AvgIpc) is 3.24. The molecule has 0 spiro atoms. The molecule has 0 aliphatic rings. The second-order valence-electron chi connectivity index (χ2n) is 7.57. The Morgan fingerprint density at radius 3 is 2.35 bits per heavy atom. The Morgan fingerprint density at radius 2 is 1.68 bits per heavy atom. The standard InChI is InChI=1S/C25H21ClN2O5S/c1-17-12-13-18(14-22(17)26)28(34(31,32)19-8-4-3-5-9-19)16-24(29)27-15-21(25(30)33-2)20-10-6-7-11-23(20)27/h3-15H,16H2,1-2H3. The quantitative estimate of drug-likeness (QED) is 0.353. The highest BCUT2D eigenvalue weighted by Crippen LogP contribution is 2.29. The van der Waals surface area contributed by atoms with Gasteiger partial charge in [-0.05, 0) is 42.8 Å². The van der Waals surface area contributed by atoms with E-state index in [2.05, 4.69) is 0 Å². The van der Waals surface area contributed by atoms with Gasteiger partial charge in [0.2, 0.25) is 0 Å². The summed E-state index contributed by atoms with van der Waals surface area (Å²) < 4.78 is 34.3. The zero-order valence-electron chi connectivity index (χ0n) is 18.4. The van der Waals surface area contributed by atoms with Crippen molar-refractivity contribution < 1.29 is 22.7 Å². The van der Waals surface area contributed by atoms with Gasteiger partial charge in [-0.25, -0.2) is 13.2 Å². The summed E-state index contributed by atoms with van der Waals surface area (Å²) >= 11 is 6.28. The molecule has 0 unspecified atom stereocenters. The number of methoxy groups -OCH3 is 1. The second-order valence-corrected chi connectivity index (χ2v) is 9.84. The maximum Gasteiger partial charge on any atom is 0.340 e. The highest BCUT2D eigenvalue weighted by molar-refractivity contribution is 7.92. The predicted octanol–water partition coefficient (Wildman–Crippen LogP) is 4.93. The van der Waals surface area contributed by atoms with Crippen LogP contribution in [0.5, 0.6) is 0 Å². The van der Waals surface area contributed by atoms with Crippen molar-refractivity contribution in [2.24, 2.45) is 0 Å². The maximum atomic E-state index is 13.6. The van der Waals surface area contributed by atoms with E-state index in [0.717, 1.165) is 9.87 Å². The van der Waals surface area contributed by atoms with E-state index in [4.69, 9.17) is 16.3 Å². The normalized spacial score (nSPS) is 11.4. The van der Waals surface area contributed by atoms with Gasteiger partial charge in [-0.15, -0.1) is 0 Å². The lowest BCUT2D eigenvalue weighted by Gasteiger charge is -2.24. The van der Waals surface area contributed by atoms with Crippen molar-refractivity contribution in [3.63, 3.8) is 0 Å². The number of halogens is 1. The van der Waals surface area contributed by atoms with Crippen LogP contribution in [0.25, 0.3) is 10.9 Å². The lowest BCUT2D eigenvalue weighted by molar-refractivity contribution is 0.0603. The molecule has 0 aliphatic carbocycles. The number of ether oxygens (including phenoxy) is 1. The van der Waals surface area contributed by atoms with Crippen LogP contribution >= 0.6 is 11.6 Å². The van der Waals surface area contributed by atoms with E-state index in [-0.39, 0.29) is 16.1 Å². The Balaban J connectivity index is 1.82. The zero-order valence-corrected chi connectivity index (χ0v) is 20.0. The van der Waals surface area contributed by atoms with Crippen molar-refractivity contribution >= 4 is 50.1 Å². The Hall–Kier alpha value is -3.62. The molecule has 0 bridgehead atoms. The molecule has 7 nitrogen and oxygen atoms in total. The molecule has 0 fully saturated rings. The van der Waals surface area contributed by atoms with Gasteiger partial charge >= 0.3 is 5.97 Å². The monoisotopic (exact) mass is 496 g/mol. The molecule has 0 atom stereocenters. The van der Waals surface area contributed by atoms with Crippen LogP contribution in [0.4, 0.5) is 5.69 Å². The van der Waals surface area contributed by atoms with Crippen LogP contribution in [0.15, 0.2) is 83.9 Å². The third kappa shape index (κ3) is 4.30. The largest absolute Gasteiger partial charge is 0.465 e. The fourth-order valence-corrected chi connectivity index (χ4v) is 5.23. The topological polar surface area (TPSA) is 85.7 Å². The molecule has 4 aromatic rings. The summed E-state index contributed by atoms with van der Waals surface area (Å²) in [4.78, 5) is 25.8. The Morgan fingerprint density at radius 1 is 1.00 bits per heavy atom. The number of aryl methyl sites for hydroxylation is 1. The first-order valence-corrected chi connectivity index (χ1v) is 12.1. The minimum Gasteiger partial charge on any atom is -0.465 e. The summed E-state index contributed by atoms with van der Waals surface area (Å²) in [6.07, 6.45) is 1.37. The first kappa shape index (κ1) is 23.5. The fourth-order valence-electron chi connectivity index (χ4n) is 3.63. The number of rotatable bonds is 6. The van der Waals surface area contributed by atoms with Gasteiger partial charge in [0, 0.05) is 16.6 Å². The summed E-state index contributed by atoms with van der Waals surface area (Å²) in [5.74, 6) is -1.15. The number of benzene rings is 3. The van der Waals surface area contributed by atoms with E-state index in [0.29, 0.717) is 15.9 Å². The highest BCUT2D eigenvalue weighted by Gasteiger charge is 2.29. The van der Waals surface area contributed by atoms with E-state index in [9.17, 15) is 18.0 Å². The first-order chi connectivity index (χ1) is 16.2. The van der Waals surface area contributed by atoms with Crippen molar-refractivity contribution in [1.82, 2.24) is 4.57 Å². The van der Waals surface area contributed by atoms with Crippen molar-refractivity contribution in [3.05, 3.63) is 95.1 Å². The van der Waals surface area contributed by atoms with Crippen LogP contribution < -0.4 is 4.31 Å². The molecule has 0 saturated heterocycles. The molecule has 0 aliphatic heterocycles. The van der Waals surface area contributed by atoms with Crippen LogP contribution in [-0.2, 0) is 14.8 Å². The number of anilines is 1. The highest BCUT2D eigenvalue weighted by atomic mass is 35.5. The van der Waals surface area contributed by atoms with Crippen molar-refractivity contribution in [3.8, 4) is 0 Å². The second kappa shape index (κ2) is 9.32. The molecular weight excluding hydrogens is 476 g/mol. The Kier molecular flexibility index (Phi) is 6.45. The van der Waals surface area contributed by atoms with Gasteiger partial charge in [-0.1, -0.05) is 54.1 Å². The Labute approximate surface area is 202 Å². The number of hydrogen-bond donors (Lipinski definition) is 0. The smallest absolute Gasteiger partial charge is 0.340 e. The zero-order chi connectivity index (χ0) is 24.5. The predicted molar refractivity (Wildman–Crippen MR) is 131 cm³/mol. The number of para-hydroxylation sites is 1. The average molecular weight is 497 g/mol. The summed E-state index contributed by atoms with van der Waals surface area (Å²) in [5.41, 5.74) is 1.69. The molecule has 34 heavy (non-hydrogen) atoms. The van der Waals surface area contributed by atoms with Crippen LogP contribution in [0.3, 0.4) is 0 Å². The van der Waals surface area contributed by atoms with Crippen molar-refractivity contribution in [1.29, 1.82) is 0 Å². The van der Waals surface area contributed by atoms with Crippen LogP contribution in [0, 0.1) is 6.92 Å². The molecule has 174 valence electrons. The number of carbonyl (C=O) groups excluding carboxylic acids is 2. The summed E-state index contributed by atoms with van der Waals surface area (Å²) in [5, 5.41) is 0.899. The lowest BCUT2D eigenvalue weighted by atomic mass is 10.2. The van der Waals surface area contributed by atoms with E-state index in [1.165, 1.54) is 36.1 Å². The van der Waals surface area contributed by atoms with Crippen LogP contribution in [0.2, 0.25) is 5.02 Å². The van der Waals surface area contributed by atoms with Gasteiger partial charge in [0.1, 0.15) is 6.54 Å². The number of sulfonamides is 1. The maximum absolute atomic E-state index is 13.6. The summed E-state index contributed by atoms with van der Waals surface area (Å²) in [7, 11) is -2.85. The number of aromatic nitrogens is 1. The molecule has 0 N–H and O–H groups in total. The van der Waals surface area contributed by atoms with Gasteiger partial charge in [0.05, 0.1) is 28.8 Å². The minimum absolute atomic E-state index is 0.0344. The lowest BCUT2D eigenvalue weighted by Crippen LogP contribution is -2.37. The Bertz CT molecular complexity index is 1500. The SMILES string of the molecule is COC(=O)c1cn(C(=O)CN(c2ccc(C)c(Cl)c2)S(=O)(=O)c2ccccc2)c2ccccc12. The van der Waals surface area contributed by atoms with E-state index < -0.39 is 28.4 Å². The number of nitrogens with zero attached hydrogens (tertiary/aromatic N) is 2. The van der Waals surface area contributed by atoms with Gasteiger partial charge in [0.25, 0.3) is 15.9 Å². The van der Waals surface area contributed by atoms with Gasteiger partial charge in [-0.3, -0.25) is 13.7 Å². The van der Waals surface area contributed by atoms with Crippen molar-refractivity contribution in [2.75, 3.05) is 18.0 Å². The molecule has 3 aromatic carbocycles. The van der Waals surface area contributed by atoms with Crippen molar-refractivity contribution in [2.45, 2.75) is 11.8 Å². The molecular formula is C25H21ClN2O5S. The molecule has 0 radical (unpaired) electrons. The van der Waals surface area contributed by atoms with Crippen LogP contribution in [-0.4, -0.2) is 38.5 Å². The molecule has 9 heteroatoms. The number of hydrogen-bond acceptors (Lipinski definition) is 5. The molecule has 4 rings (SSSR count). The van der Waals surface area contributed by atoms with E-state index >= 15 is 0 Å². The number of esters is 1. The molecule has 1 heterocycles. The van der Waals surface area contributed by atoms with E-state index in [1.54, 1.807) is 61.5 Å². The third-order valence-electron chi connectivity index (χ3n) is 5.44. The third-order valence-corrected chi connectivity index (χ3v) is 7.63. The minimum atomic E-state index is -4.11. The van der Waals surface area contributed by atoms with Crippen LogP contribution in [0.1, 0.15) is 20.7 Å². The van der Waals surface area contributed by atoms with E-state index in [1.807, 2.05) is 0 Å². The van der Waals surface area contributed by atoms with Gasteiger partial charge < -0.3 is 4.74 Å². The first-order valence-electron chi connectivity index (χ1n) is 10.3. The number of fused-ring (bicyclic) bond motifs is 1. The fraction of sp³-hybridized carbons (Fsp3) is 0.120. The van der Waals surface area contributed by atoms with Gasteiger partial charge in [0.15, 0.2) is 0 Å². The summed E-state index contributed by atoms with van der Waals surface area (Å²) in [6, 6.07) is 19.5. The molecule has 0 saturated carbocycles. The number of carbonyl (C=O) groups is 2. The van der Waals surface area contributed by atoms with Gasteiger partial charge in [-0.2, -0.15) is 0 Å². The molecule has 1 aromatic heterocycles.